The summed E-state index contributed by atoms with van der Waals surface area (Å²) in [6.07, 6.45) is -4.32. The minimum Gasteiger partial charge on any atom is -0.382 e. The molecule has 0 aromatic heterocycles. The molecule has 1 rings (SSSR count). The van der Waals surface area contributed by atoms with Crippen LogP contribution >= 0.6 is 12.6 Å². The number of ketones is 4. The van der Waals surface area contributed by atoms with Crippen molar-refractivity contribution < 1.29 is 44.3 Å². The molecule has 1 fully saturated rings. The van der Waals surface area contributed by atoms with Crippen LogP contribution < -0.4 is 0 Å². The summed E-state index contributed by atoms with van der Waals surface area (Å²) in [6.45, 7) is 4.19. The number of carbonyl (C=O) groups excluding carboxylic acids is 4. The summed E-state index contributed by atoms with van der Waals surface area (Å²) in [6, 6.07) is 0. The Morgan fingerprint density at radius 1 is 0.920 bits per heavy atom. The highest BCUT2D eigenvalue weighted by Crippen LogP contribution is 2.53. The number of hydrogen-bond acceptors (Lipinski definition) is 10. The molecule has 1 unspecified atom stereocenters. The molecule has 6 atom stereocenters. The fraction of sp³-hybridized carbons (Fsp3) is 0.733. The number of aliphatic hydroxyl groups is 4. The Morgan fingerprint density at radius 2 is 1.32 bits per heavy atom. The van der Waals surface area contributed by atoms with Crippen molar-refractivity contribution in [3.05, 3.63) is 0 Å². The Balaban J connectivity index is 3.99. The highest BCUT2D eigenvalue weighted by atomic mass is 32.1. The molecule has 1 aliphatic heterocycles. The second kappa shape index (κ2) is 6.22. The van der Waals surface area contributed by atoms with Crippen LogP contribution in [-0.4, -0.2) is 77.5 Å². The topological polar surface area (TPSA) is 158 Å². The van der Waals surface area contributed by atoms with Crippen molar-refractivity contribution in [3.8, 4) is 0 Å². The molecular formula is C15H22O9S. The van der Waals surface area contributed by atoms with Gasteiger partial charge in [-0.3, -0.25) is 19.2 Å². The van der Waals surface area contributed by atoms with E-state index in [0.717, 1.165) is 34.6 Å². The Hall–Kier alpha value is -1.17. The SMILES string of the molecule is CC(=O)C(O)[C@H]1O[C@](C)(S)[C@@](O)(C(C)=O)[C@](O)(C(C)=O)[C@@]1(O)C(C)=O. The number of carbonyl (C=O) groups is 4. The number of rotatable bonds is 5. The molecule has 0 amide bonds. The minimum absolute atomic E-state index is 0.730. The van der Waals surface area contributed by atoms with E-state index in [-0.39, 0.29) is 0 Å². The molecule has 9 nitrogen and oxygen atoms in total. The molecule has 0 saturated carbocycles. The van der Waals surface area contributed by atoms with E-state index in [2.05, 4.69) is 12.6 Å². The van der Waals surface area contributed by atoms with Gasteiger partial charge in [0.1, 0.15) is 17.1 Å². The second-order valence-electron chi connectivity index (χ2n) is 6.43. The van der Waals surface area contributed by atoms with Crippen molar-refractivity contribution in [1.29, 1.82) is 0 Å². The van der Waals surface area contributed by atoms with Crippen molar-refractivity contribution in [2.75, 3.05) is 0 Å². The third-order valence-electron chi connectivity index (χ3n) is 4.77. The van der Waals surface area contributed by atoms with Crippen LogP contribution in [0.5, 0.6) is 0 Å². The third kappa shape index (κ3) is 2.51. The molecule has 0 aromatic carbocycles. The first kappa shape index (κ1) is 21.9. The molecule has 0 aromatic rings. The van der Waals surface area contributed by atoms with Gasteiger partial charge in [-0.25, -0.2) is 0 Å². The van der Waals surface area contributed by atoms with Gasteiger partial charge in [-0.2, -0.15) is 0 Å². The molecule has 0 spiro atoms. The fourth-order valence-corrected chi connectivity index (χ4v) is 3.73. The van der Waals surface area contributed by atoms with Gasteiger partial charge in [0.2, 0.25) is 5.60 Å². The molecular weight excluding hydrogens is 356 g/mol. The predicted octanol–water partition coefficient (Wildman–Crippen LogP) is -2.06. The summed E-state index contributed by atoms with van der Waals surface area (Å²) in [7, 11) is 0. The molecule has 1 aliphatic rings. The summed E-state index contributed by atoms with van der Waals surface area (Å²) in [4.78, 5) is 45.8. The van der Waals surface area contributed by atoms with Crippen LogP contribution in [0.2, 0.25) is 0 Å². The first-order valence-corrected chi connectivity index (χ1v) is 7.77. The summed E-state index contributed by atoms with van der Waals surface area (Å²) in [5.74, 6) is -4.84. The quantitative estimate of drug-likeness (QED) is 0.339. The average molecular weight is 378 g/mol. The Bertz CT molecular complexity index is 645. The van der Waals surface area contributed by atoms with E-state index in [9.17, 15) is 39.6 Å². The van der Waals surface area contributed by atoms with Gasteiger partial charge in [-0.15, -0.1) is 12.6 Å². The van der Waals surface area contributed by atoms with E-state index in [1.54, 1.807) is 0 Å². The van der Waals surface area contributed by atoms with E-state index >= 15 is 0 Å². The first-order valence-electron chi connectivity index (χ1n) is 7.32. The standard InChI is InChI=1S/C15H22O9S/c1-6(16)10(20)11-13(21,7(2)17)15(23,9(4)19)14(22,8(3)18)12(5,25)24-11/h10-11,20-23,25H,1-5H3/t10?,11-,12-,13-,14+,15+/m1/s1. The highest BCUT2D eigenvalue weighted by molar-refractivity contribution is 7.81. The molecule has 10 heteroatoms. The zero-order valence-corrected chi connectivity index (χ0v) is 15.3. The van der Waals surface area contributed by atoms with Crippen LogP contribution in [0.15, 0.2) is 0 Å². The zero-order chi connectivity index (χ0) is 20.2. The van der Waals surface area contributed by atoms with Crippen LogP contribution in [-0.2, 0) is 23.9 Å². The van der Waals surface area contributed by atoms with Crippen LogP contribution in [0.25, 0.3) is 0 Å². The average Bonchev–Trinajstić information content (AvgIpc) is 2.47. The largest absolute Gasteiger partial charge is 0.382 e. The third-order valence-corrected chi connectivity index (χ3v) is 5.20. The molecule has 25 heavy (non-hydrogen) atoms. The molecule has 4 N–H and O–H groups in total. The van der Waals surface area contributed by atoms with Crippen LogP contribution in [0.1, 0.15) is 34.6 Å². The van der Waals surface area contributed by atoms with Gasteiger partial charge in [0, 0.05) is 0 Å². The smallest absolute Gasteiger partial charge is 0.201 e. The lowest BCUT2D eigenvalue weighted by Gasteiger charge is -2.61. The number of Topliss-reactive ketones (excluding diaryl/α,β-unsaturated/α-hetero) is 4. The van der Waals surface area contributed by atoms with E-state index in [1.807, 2.05) is 0 Å². The maximum absolute atomic E-state index is 12.3. The van der Waals surface area contributed by atoms with Crippen molar-refractivity contribution in [2.24, 2.45) is 0 Å². The number of hydrogen-bond donors (Lipinski definition) is 5. The van der Waals surface area contributed by atoms with Crippen LogP contribution in [0.4, 0.5) is 0 Å². The van der Waals surface area contributed by atoms with Gasteiger partial charge in [0.25, 0.3) is 0 Å². The highest BCUT2D eigenvalue weighted by Gasteiger charge is 2.81. The monoisotopic (exact) mass is 378 g/mol. The van der Waals surface area contributed by atoms with E-state index in [4.69, 9.17) is 4.74 Å². The fourth-order valence-electron chi connectivity index (χ4n) is 3.30. The molecule has 0 bridgehead atoms. The van der Waals surface area contributed by atoms with Crippen molar-refractivity contribution in [3.63, 3.8) is 0 Å². The Kier molecular flexibility index (Phi) is 5.44. The van der Waals surface area contributed by atoms with Gasteiger partial charge in [0.15, 0.2) is 34.3 Å². The first-order chi connectivity index (χ1) is 11.0. The second-order valence-corrected chi connectivity index (χ2v) is 7.29. The molecule has 1 heterocycles. The van der Waals surface area contributed by atoms with Gasteiger partial charge < -0.3 is 25.2 Å². The van der Waals surface area contributed by atoms with Gasteiger partial charge in [-0.1, -0.05) is 0 Å². The summed E-state index contributed by atoms with van der Waals surface area (Å²) < 4.78 is 5.24. The lowest BCUT2D eigenvalue weighted by molar-refractivity contribution is -0.332. The minimum atomic E-state index is -3.44. The molecule has 1 saturated heterocycles. The van der Waals surface area contributed by atoms with E-state index < -0.39 is 57.1 Å². The number of thiol groups is 1. The summed E-state index contributed by atoms with van der Waals surface area (Å²) in [5.41, 5.74) is -9.90. The van der Waals surface area contributed by atoms with E-state index in [0.29, 0.717) is 0 Å². The van der Waals surface area contributed by atoms with E-state index in [1.165, 1.54) is 0 Å². The lowest BCUT2D eigenvalue weighted by atomic mass is 9.58. The van der Waals surface area contributed by atoms with Crippen molar-refractivity contribution in [1.82, 2.24) is 0 Å². The Labute approximate surface area is 149 Å². The molecule has 0 aliphatic carbocycles. The maximum Gasteiger partial charge on any atom is 0.201 e. The van der Waals surface area contributed by atoms with Gasteiger partial charge >= 0.3 is 0 Å². The van der Waals surface area contributed by atoms with Crippen LogP contribution in [0.3, 0.4) is 0 Å². The number of ether oxygens (including phenoxy) is 1. The van der Waals surface area contributed by atoms with Crippen molar-refractivity contribution in [2.45, 2.75) is 68.6 Å². The Morgan fingerprint density at radius 3 is 1.60 bits per heavy atom. The summed E-state index contributed by atoms with van der Waals surface area (Å²) >= 11 is 3.96. The van der Waals surface area contributed by atoms with Gasteiger partial charge in [-0.05, 0) is 34.6 Å². The molecule has 142 valence electrons. The lowest BCUT2D eigenvalue weighted by Crippen LogP contribution is -2.88. The number of aliphatic hydroxyl groups excluding tert-OH is 1. The zero-order valence-electron chi connectivity index (χ0n) is 14.4. The van der Waals surface area contributed by atoms with Crippen LogP contribution in [0, 0.1) is 0 Å². The predicted molar refractivity (Wildman–Crippen MR) is 85.8 cm³/mol. The normalized spacial score (nSPS) is 42.6. The van der Waals surface area contributed by atoms with Gasteiger partial charge in [0.05, 0.1) is 0 Å². The molecule has 0 radical (unpaired) electrons. The maximum atomic E-state index is 12.3. The van der Waals surface area contributed by atoms with Crippen molar-refractivity contribution >= 4 is 35.8 Å². The summed E-state index contributed by atoms with van der Waals surface area (Å²) in [5, 5.41) is 42.9.